The molecule has 2 heterocycles. The molecule has 1 atom stereocenters. The summed E-state index contributed by atoms with van der Waals surface area (Å²) in [5.41, 5.74) is 1.08. The fourth-order valence-corrected chi connectivity index (χ4v) is 3.77. The van der Waals surface area contributed by atoms with Crippen LogP contribution < -0.4 is 4.90 Å². The number of nitro groups is 1. The van der Waals surface area contributed by atoms with Crippen LogP contribution in [0.4, 0.5) is 11.4 Å². The first-order chi connectivity index (χ1) is 12.0. The van der Waals surface area contributed by atoms with Crippen molar-refractivity contribution >= 4 is 17.3 Å². The molecular formula is C18H26N4O3. The van der Waals surface area contributed by atoms with E-state index < -0.39 is 0 Å². The molecule has 2 fully saturated rings. The summed E-state index contributed by atoms with van der Waals surface area (Å²) in [6.07, 6.45) is 4.14. The van der Waals surface area contributed by atoms with E-state index in [9.17, 15) is 14.9 Å². The summed E-state index contributed by atoms with van der Waals surface area (Å²) in [5, 5.41) is 11.5. The summed E-state index contributed by atoms with van der Waals surface area (Å²) >= 11 is 0. The molecule has 0 unspecified atom stereocenters. The molecule has 2 saturated heterocycles. The second-order valence-corrected chi connectivity index (χ2v) is 7.17. The lowest BCUT2D eigenvalue weighted by Gasteiger charge is -2.36. The van der Waals surface area contributed by atoms with Gasteiger partial charge >= 0.3 is 0 Å². The average Bonchev–Trinajstić information content (AvgIpc) is 3.15. The fraction of sp³-hybridized carbons (Fsp3) is 0.611. The number of nitro benzene ring substituents is 1. The van der Waals surface area contributed by atoms with E-state index in [0.717, 1.165) is 38.8 Å². The number of piperidine rings is 1. The molecule has 7 nitrogen and oxygen atoms in total. The number of carbonyl (C=O) groups is 1. The Bertz CT molecular complexity index is 656. The summed E-state index contributed by atoms with van der Waals surface area (Å²) in [4.78, 5) is 30.0. The number of benzene rings is 1. The maximum absolute atomic E-state index is 12.8. The molecule has 0 aromatic heterocycles. The van der Waals surface area contributed by atoms with Crippen LogP contribution >= 0.6 is 0 Å². The van der Waals surface area contributed by atoms with Crippen LogP contribution in [-0.2, 0) is 0 Å². The summed E-state index contributed by atoms with van der Waals surface area (Å²) in [7, 11) is 4.04. The minimum atomic E-state index is -0.372. The number of anilines is 1. The largest absolute Gasteiger partial charge is 0.366 e. The Labute approximate surface area is 148 Å². The lowest BCUT2D eigenvalue weighted by Crippen LogP contribution is -2.47. The van der Waals surface area contributed by atoms with E-state index in [1.165, 1.54) is 6.07 Å². The minimum Gasteiger partial charge on any atom is -0.366 e. The highest BCUT2D eigenvalue weighted by Gasteiger charge is 2.28. The van der Waals surface area contributed by atoms with Gasteiger partial charge in [0.15, 0.2) is 0 Å². The highest BCUT2D eigenvalue weighted by atomic mass is 16.6. The maximum Gasteiger partial charge on any atom is 0.293 e. The topological polar surface area (TPSA) is 69.9 Å². The number of carbonyl (C=O) groups excluding carboxylic acids is 1. The van der Waals surface area contributed by atoms with Gasteiger partial charge in [0.2, 0.25) is 0 Å². The number of likely N-dealkylation sites (N-methyl/N-ethyl adjacent to an activating group) is 1. The predicted molar refractivity (Wildman–Crippen MR) is 97.2 cm³/mol. The van der Waals surface area contributed by atoms with Gasteiger partial charge in [-0.2, -0.15) is 0 Å². The van der Waals surface area contributed by atoms with Gasteiger partial charge in [-0.25, -0.2) is 0 Å². The van der Waals surface area contributed by atoms with Gasteiger partial charge in [-0.15, -0.1) is 0 Å². The first-order valence-electron chi connectivity index (χ1n) is 8.96. The van der Waals surface area contributed by atoms with Crippen LogP contribution in [0, 0.1) is 10.1 Å². The molecule has 0 aliphatic carbocycles. The molecular weight excluding hydrogens is 320 g/mol. The Morgan fingerprint density at radius 3 is 2.56 bits per heavy atom. The number of rotatable bonds is 4. The van der Waals surface area contributed by atoms with E-state index in [1.807, 2.05) is 23.9 Å². The Hall–Kier alpha value is -2.15. The van der Waals surface area contributed by atoms with Crippen molar-refractivity contribution in [2.45, 2.75) is 31.7 Å². The van der Waals surface area contributed by atoms with E-state index in [-0.39, 0.29) is 16.5 Å². The van der Waals surface area contributed by atoms with Crippen LogP contribution in [-0.4, -0.2) is 66.9 Å². The van der Waals surface area contributed by atoms with Gasteiger partial charge in [-0.1, -0.05) is 0 Å². The number of hydrogen-bond donors (Lipinski definition) is 0. The van der Waals surface area contributed by atoms with Crippen LogP contribution in [0.2, 0.25) is 0 Å². The highest BCUT2D eigenvalue weighted by Crippen LogP contribution is 2.32. The number of amides is 1. The third-order valence-corrected chi connectivity index (χ3v) is 5.28. The first-order valence-corrected chi connectivity index (χ1v) is 8.96. The van der Waals surface area contributed by atoms with Crippen molar-refractivity contribution in [1.29, 1.82) is 0 Å². The lowest BCUT2D eigenvalue weighted by atomic mass is 10.0. The average molecular weight is 346 g/mol. The summed E-state index contributed by atoms with van der Waals surface area (Å²) < 4.78 is 0. The van der Waals surface area contributed by atoms with E-state index in [0.29, 0.717) is 30.4 Å². The van der Waals surface area contributed by atoms with Gasteiger partial charge < -0.3 is 14.7 Å². The highest BCUT2D eigenvalue weighted by molar-refractivity contribution is 5.96. The number of hydrogen-bond acceptors (Lipinski definition) is 5. The van der Waals surface area contributed by atoms with Crippen molar-refractivity contribution in [3.63, 3.8) is 0 Å². The van der Waals surface area contributed by atoms with Crippen molar-refractivity contribution in [3.05, 3.63) is 33.9 Å². The molecule has 0 saturated carbocycles. The molecule has 2 aliphatic heterocycles. The first kappa shape index (κ1) is 17.7. The Morgan fingerprint density at radius 2 is 1.92 bits per heavy atom. The third kappa shape index (κ3) is 3.76. The minimum absolute atomic E-state index is 0.0360. The molecule has 0 bridgehead atoms. The number of likely N-dealkylation sites (tertiary alicyclic amines) is 1. The van der Waals surface area contributed by atoms with Crippen LogP contribution in [0.3, 0.4) is 0 Å². The van der Waals surface area contributed by atoms with Gasteiger partial charge in [-0.05, 0) is 51.9 Å². The Kier molecular flexibility index (Phi) is 5.22. The van der Waals surface area contributed by atoms with E-state index in [2.05, 4.69) is 4.90 Å². The molecule has 1 aromatic rings. The molecule has 25 heavy (non-hydrogen) atoms. The predicted octanol–water partition coefficient (Wildman–Crippen LogP) is 2.36. The lowest BCUT2D eigenvalue weighted by molar-refractivity contribution is -0.384. The van der Waals surface area contributed by atoms with Gasteiger partial charge in [0, 0.05) is 43.9 Å². The van der Waals surface area contributed by atoms with Crippen LogP contribution in [0.1, 0.15) is 36.0 Å². The molecule has 3 rings (SSSR count). The normalized spacial score (nSPS) is 21.0. The molecule has 2 aliphatic rings. The SMILES string of the molecule is CN(C)[C@@H]1CCCN(C(=O)c2ccc(N3CCCC3)c([N+](=O)[O-])c2)C1. The summed E-state index contributed by atoms with van der Waals surface area (Å²) in [6, 6.07) is 5.28. The van der Waals surface area contributed by atoms with Crippen molar-refractivity contribution in [3.8, 4) is 0 Å². The van der Waals surface area contributed by atoms with Crippen molar-refractivity contribution in [1.82, 2.24) is 9.80 Å². The zero-order valence-electron chi connectivity index (χ0n) is 15.0. The van der Waals surface area contributed by atoms with Gasteiger partial charge in [0.1, 0.15) is 5.69 Å². The van der Waals surface area contributed by atoms with E-state index in [1.54, 1.807) is 12.1 Å². The maximum atomic E-state index is 12.8. The third-order valence-electron chi connectivity index (χ3n) is 5.28. The quantitative estimate of drug-likeness (QED) is 0.618. The molecule has 0 spiro atoms. The van der Waals surface area contributed by atoms with Gasteiger partial charge in [-0.3, -0.25) is 14.9 Å². The summed E-state index contributed by atoms with van der Waals surface area (Å²) in [5.74, 6) is -0.109. The summed E-state index contributed by atoms with van der Waals surface area (Å²) in [6.45, 7) is 3.06. The second-order valence-electron chi connectivity index (χ2n) is 7.17. The molecule has 0 radical (unpaired) electrons. The zero-order valence-corrected chi connectivity index (χ0v) is 15.0. The van der Waals surface area contributed by atoms with Crippen LogP contribution in [0.5, 0.6) is 0 Å². The zero-order chi connectivity index (χ0) is 18.0. The van der Waals surface area contributed by atoms with Gasteiger partial charge in [0.05, 0.1) is 4.92 Å². The smallest absolute Gasteiger partial charge is 0.293 e. The van der Waals surface area contributed by atoms with E-state index in [4.69, 9.17) is 0 Å². The number of nitrogens with zero attached hydrogens (tertiary/aromatic N) is 4. The molecule has 136 valence electrons. The second kappa shape index (κ2) is 7.39. The van der Waals surface area contributed by atoms with Crippen molar-refractivity contribution in [2.24, 2.45) is 0 Å². The van der Waals surface area contributed by atoms with Crippen LogP contribution in [0.25, 0.3) is 0 Å². The van der Waals surface area contributed by atoms with Gasteiger partial charge in [0.25, 0.3) is 11.6 Å². The van der Waals surface area contributed by atoms with Crippen LogP contribution in [0.15, 0.2) is 18.2 Å². The molecule has 7 heteroatoms. The molecule has 1 amide bonds. The monoisotopic (exact) mass is 346 g/mol. The Morgan fingerprint density at radius 1 is 1.20 bits per heavy atom. The fourth-order valence-electron chi connectivity index (χ4n) is 3.77. The van der Waals surface area contributed by atoms with E-state index >= 15 is 0 Å². The molecule has 0 N–H and O–H groups in total. The van der Waals surface area contributed by atoms with Crippen molar-refractivity contribution < 1.29 is 9.72 Å². The Balaban J connectivity index is 1.83. The van der Waals surface area contributed by atoms with Crippen molar-refractivity contribution in [2.75, 3.05) is 45.2 Å². The standard InChI is InChI=1S/C18H26N4O3/c1-19(2)15-6-5-11-21(13-15)18(23)14-7-8-16(17(12-14)22(24)25)20-9-3-4-10-20/h7-8,12,15H,3-6,9-11,13H2,1-2H3/t15-/m1/s1. The molecule has 1 aromatic carbocycles.